The quantitative estimate of drug-likeness (QED) is 0.930. The third-order valence-electron chi connectivity index (χ3n) is 1.74. The molecule has 2 aromatic rings. The zero-order valence-electron chi connectivity index (χ0n) is 8.55. The normalized spacial score (nSPS) is 10.5. The summed E-state index contributed by atoms with van der Waals surface area (Å²) in [4.78, 5) is 15.0. The Kier molecular flexibility index (Phi) is 3.43. The fourth-order valence-electron chi connectivity index (χ4n) is 1.06. The van der Waals surface area contributed by atoms with E-state index in [9.17, 15) is 4.79 Å². The zero-order valence-corrected chi connectivity index (χ0v) is 10.9. The third-order valence-corrected chi connectivity index (χ3v) is 3.03. The number of hydrogen-bond donors (Lipinski definition) is 1. The van der Waals surface area contributed by atoms with Gasteiger partial charge in [0.05, 0.1) is 5.56 Å². The second-order valence-corrected chi connectivity index (χ2v) is 4.86. The van der Waals surface area contributed by atoms with E-state index in [4.69, 9.17) is 9.52 Å². The molecule has 2 heterocycles. The van der Waals surface area contributed by atoms with Crippen molar-refractivity contribution in [1.82, 2.24) is 15.2 Å². The van der Waals surface area contributed by atoms with Crippen molar-refractivity contribution in [3.8, 4) is 0 Å². The van der Waals surface area contributed by atoms with Crippen molar-refractivity contribution in [2.75, 3.05) is 0 Å². The average molecular weight is 316 g/mol. The molecule has 0 aromatic carbocycles. The Morgan fingerprint density at radius 1 is 1.53 bits per heavy atom. The molecule has 0 aliphatic rings. The summed E-state index contributed by atoms with van der Waals surface area (Å²) in [7, 11) is 0. The number of carbonyl (C=O) groups is 1. The molecule has 0 spiro atoms. The van der Waals surface area contributed by atoms with Gasteiger partial charge in [-0.05, 0) is 33.8 Å². The molecule has 0 amide bonds. The van der Waals surface area contributed by atoms with Gasteiger partial charge in [0, 0.05) is 17.6 Å². The minimum atomic E-state index is -1.06. The van der Waals surface area contributed by atoms with E-state index in [0.29, 0.717) is 15.4 Å². The van der Waals surface area contributed by atoms with E-state index in [1.54, 1.807) is 6.92 Å². The zero-order chi connectivity index (χ0) is 12.4. The fourth-order valence-corrected chi connectivity index (χ4v) is 2.17. The summed E-state index contributed by atoms with van der Waals surface area (Å²) in [6, 6.07) is 1.47. The summed E-state index contributed by atoms with van der Waals surface area (Å²) in [6.07, 6.45) is 1.51. The van der Waals surface area contributed by atoms with Crippen LogP contribution in [0.5, 0.6) is 0 Å². The number of halogens is 1. The molecule has 0 aliphatic carbocycles. The van der Waals surface area contributed by atoms with Crippen molar-refractivity contribution < 1.29 is 14.3 Å². The number of carboxylic acid groups (broad SMARTS) is 1. The van der Waals surface area contributed by atoms with Gasteiger partial charge < -0.3 is 9.52 Å². The van der Waals surface area contributed by atoms with Crippen LogP contribution in [0.25, 0.3) is 0 Å². The molecular weight excluding hydrogens is 310 g/mol. The smallest absolute Gasteiger partial charge is 0.338 e. The molecule has 0 unspecified atom stereocenters. The van der Waals surface area contributed by atoms with Crippen LogP contribution in [0.2, 0.25) is 0 Å². The molecule has 0 saturated heterocycles. The number of rotatable bonds is 3. The van der Waals surface area contributed by atoms with Crippen molar-refractivity contribution in [3.63, 3.8) is 0 Å². The van der Waals surface area contributed by atoms with Gasteiger partial charge in [0.15, 0.2) is 0 Å². The summed E-state index contributed by atoms with van der Waals surface area (Å²) >= 11 is 4.19. The van der Waals surface area contributed by atoms with E-state index in [-0.39, 0.29) is 10.8 Å². The maximum Gasteiger partial charge on any atom is 0.338 e. The summed E-state index contributed by atoms with van der Waals surface area (Å²) in [5, 5.41) is 17.0. The highest BCUT2D eigenvalue weighted by Crippen LogP contribution is 2.29. The molecule has 6 nitrogen and oxygen atoms in total. The van der Waals surface area contributed by atoms with Gasteiger partial charge >= 0.3 is 5.97 Å². The van der Waals surface area contributed by atoms with Crippen LogP contribution in [0, 0.1) is 6.92 Å². The van der Waals surface area contributed by atoms with E-state index < -0.39 is 5.97 Å². The molecule has 0 saturated carbocycles. The van der Waals surface area contributed by atoms with Gasteiger partial charge in [-0.15, -0.1) is 10.2 Å². The van der Waals surface area contributed by atoms with Gasteiger partial charge in [-0.1, -0.05) is 0 Å². The SMILES string of the molecule is Cc1nnc(Sc2ncc(Br)cc2C(=O)O)o1. The number of aryl methyl sites for hydroxylation is 1. The Labute approximate surface area is 109 Å². The van der Waals surface area contributed by atoms with Gasteiger partial charge in [0.25, 0.3) is 5.22 Å². The van der Waals surface area contributed by atoms with Crippen molar-refractivity contribution in [2.24, 2.45) is 0 Å². The number of hydrogen-bond acceptors (Lipinski definition) is 6. The van der Waals surface area contributed by atoms with Crippen LogP contribution in [0.1, 0.15) is 16.2 Å². The van der Waals surface area contributed by atoms with Gasteiger partial charge in [-0.25, -0.2) is 9.78 Å². The number of nitrogens with zero attached hydrogens (tertiary/aromatic N) is 3. The van der Waals surface area contributed by atoms with Crippen LogP contribution in [0.4, 0.5) is 0 Å². The topological polar surface area (TPSA) is 89.1 Å². The lowest BCUT2D eigenvalue weighted by Crippen LogP contribution is -2.00. The highest BCUT2D eigenvalue weighted by Gasteiger charge is 2.16. The van der Waals surface area contributed by atoms with Gasteiger partial charge in [-0.3, -0.25) is 0 Å². The van der Waals surface area contributed by atoms with Crippen molar-refractivity contribution in [3.05, 3.63) is 28.2 Å². The molecule has 0 atom stereocenters. The van der Waals surface area contributed by atoms with E-state index in [2.05, 4.69) is 31.1 Å². The predicted octanol–water partition coefficient (Wildman–Crippen LogP) is 2.38. The van der Waals surface area contributed by atoms with Crippen LogP contribution < -0.4 is 0 Å². The van der Waals surface area contributed by atoms with E-state index in [0.717, 1.165) is 11.8 Å². The second kappa shape index (κ2) is 4.84. The van der Waals surface area contributed by atoms with Crippen LogP contribution in [0.15, 0.2) is 31.4 Å². The van der Waals surface area contributed by atoms with E-state index in [1.165, 1.54) is 12.3 Å². The lowest BCUT2D eigenvalue weighted by molar-refractivity contribution is 0.0692. The van der Waals surface area contributed by atoms with Crippen LogP contribution in [-0.2, 0) is 0 Å². The Hall–Kier alpha value is -1.41. The first kappa shape index (κ1) is 12.1. The van der Waals surface area contributed by atoms with Crippen molar-refractivity contribution in [1.29, 1.82) is 0 Å². The minimum Gasteiger partial charge on any atom is -0.478 e. The molecule has 8 heteroatoms. The van der Waals surface area contributed by atoms with Crippen LogP contribution in [-0.4, -0.2) is 26.3 Å². The summed E-state index contributed by atoms with van der Waals surface area (Å²) < 4.78 is 5.75. The molecule has 0 radical (unpaired) electrons. The first-order valence-electron chi connectivity index (χ1n) is 4.43. The highest BCUT2D eigenvalue weighted by atomic mass is 79.9. The number of aromatic nitrogens is 3. The van der Waals surface area contributed by atoms with Crippen LogP contribution >= 0.6 is 27.7 Å². The average Bonchev–Trinajstić information content (AvgIpc) is 2.66. The summed E-state index contributed by atoms with van der Waals surface area (Å²) in [5.74, 6) is -0.640. The Bertz CT molecular complexity index is 572. The minimum absolute atomic E-state index is 0.0835. The molecule has 17 heavy (non-hydrogen) atoms. The number of aromatic carboxylic acids is 1. The number of pyridine rings is 1. The van der Waals surface area contributed by atoms with Crippen molar-refractivity contribution in [2.45, 2.75) is 17.2 Å². The first-order valence-corrected chi connectivity index (χ1v) is 6.04. The summed E-state index contributed by atoms with van der Waals surface area (Å²) in [5.41, 5.74) is 0.0835. The Balaban J connectivity index is 2.35. The monoisotopic (exact) mass is 315 g/mol. The molecule has 0 fully saturated rings. The largest absolute Gasteiger partial charge is 0.478 e. The molecule has 0 aliphatic heterocycles. The summed E-state index contributed by atoms with van der Waals surface area (Å²) in [6.45, 7) is 1.66. The molecule has 88 valence electrons. The van der Waals surface area contributed by atoms with Gasteiger partial charge in [0.2, 0.25) is 5.89 Å². The Morgan fingerprint density at radius 3 is 2.88 bits per heavy atom. The maximum atomic E-state index is 11.0. The maximum absolute atomic E-state index is 11.0. The van der Waals surface area contributed by atoms with Gasteiger partial charge in [-0.2, -0.15) is 0 Å². The lowest BCUT2D eigenvalue weighted by atomic mass is 10.3. The van der Waals surface area contributed by atoms with Gasteiger partial charge in [0.1, 0.15) is 5.03 Å². The lowest BCUT2D eigenvalue weighted by Gasteiger charge is -2.01. The molecule has 0 bridgehead atoms. The predicted molar refractivity (Wildman–Crippen MR) is 62.1 cm³/mol. The van der Waals surface area contributed by atoms with Crippen molar-refractivity contribution >= 4 is 33.7 Å². The van der Waals surface area contributed by atoms with Crippen LogP contribution in [0.3, 0.4) is 0 Å². The first-order chi connectivity index (χ1) is 8.06. The van der Waals surface area contributed by atoms with E-state index in [1.807, 2.05) is 0 Å². The highest BCUT2D eigenvalue weighted by molar-refractivity contribution is 9.10. The third kappa shape index (κ3) is 2.83. The number of carboxylic acids is 1. The molecule has 1 N–H and O–H groups in total. The fraction of sp³-hybridized carbons (Fsp3) is 0.111. The Morgan fingerprint density at radius 2 is 2.29 bits per heavy atom. The molecular formula is C9H6BrN3O3S. The standard InChI is InChI=1S/C9H6BrN3O3S/c1-4-12-13-9(16-4)17-7-6(8(14)15)2-5(10)3-11-7/h2-3H,1H3,(H,14,15). The molecule has 2 rings (SSSR count). The molecule has 2 aromatic heterocycles. The van der Waals surface area contributed by atoms with E-state index >= 15 is 0 Å². The second-order valence-electron chi connectivity index (χ2n) is 3.00.